The molecule has 2 N–H and O–H groups in total. The van der Waals surface area contributed by atoms with Crippen LogP contribution in [0, 0.1) is 0 Å². The van der Waals surface area contributed by atoms with Crippen LogP contribution in [0.2, 0.25) is 0 Å². The van der Waals surface area contributed by atoms with Crippen molar-refractivity contribution in [3.8, 4) is 0 Å². The Morgan fingerprint density at radius 1 is 1.38 bits per heavy atom. The largest absolute Gasteiger partial charge is 0.350 e. The quantitative estimate of drug-likeness (QED) is 0.353. The number of hydrogen-bond acceptors (Lipinski definition) is 6. The van der Waals surface area contributed by atoms with E-state index in [0.717, 1.165) is 66.7 Å². The van der Waals surface area contributed by atoms with Crippen LogP contribution in [-0.2, 0) is 0 Å². The number of hydrazone groups is 1. The van der Waals surface area contributed by atoms with Crippen LogP contribution in [0.3, 0.4) is 0 Å². The van der Waals surface area contributed by atoms with Crippen LogP contribution in [0.4, 0.5) is 0 Å². The van der Waals surface area contributed by atoms with E-state index in [4.69, 9.17) is 0 Å². The first-order valence-corrected chi connectivity index (χ1v) is 11.5. The number of allylic oxidation sites excluding steroid dienone is 7. The van der Waals surface area contributed by atoms with Crippen molar-refractivity contribution in [2.45, 2.75) is 53.0 Å². The highest BCUT2D eigenvalue weighted by molar-refractivity contribution is 6.00. The molecule has 6 nitrogen and oxygen atoms in total. The van der Waals surface area contributed by atoms with Crippen LogP contribution in [0.25, 0.3) is 0 Å². The van der Waals surface area contributed by atoms with Crippen molar-refractivity contribution >= 4 is 12.4 Å². The molecule has 1 atom stereocenters. The van der Waals surface area contributed by atoms with Crippen LogP contribution < -0.4 is 10.7 Å². The second-order valence-electron chi connectivity index (χ2n) is 8.88. The van der Waals surface area contributed by atoms with E-state index in [1.807, 2.05) is 19.9 Å². The average molecular weight is 435 g/mol. The molecule has 2 heterocycles. The Labute approximate surface area is 193 Å². The number of aliphatic imine (C=N–C) groups is 1. The van der Waals surface area contributed by atoms with Gasteiger partial charge in [0.2, 0.25) is 0 Å². The fourth-order valence-electron chi connectivity index (χ4n) is 4.36. The molecular formula is C26H38N6. The monoisotopic (exact) mass is 434 g/mol. The molecule has 0 saturated carbocycles. The fourth-order valence-corrected chi connectivity index (χ4v) is 4.36. The lowest BCUT2D eigenvalue weighted by atomic mass is 10.1. The van der Waals surface area contributed by atoms with Crippen molar-refractivity contribution in [3.63, 3.8) is 0 Å². The molecule has 3 aliphatic rings. The Morgan fingerprint density at radius 2 is 2.16 bits per heavy atom. The van der Waals surface area contributed by atoms with E-state index in [2.05, 4.69) is 83.1 Å². The van der Waals surface area contributed by atoms with Crippen molar-refractivity contribution < 1.29 is 0 Å². The van der Waals surface area contributed by atoms with E-state index in [0.29, 0.717) is 6.04 Å². The molecule has 0 aromatic rings. The maximum atomic E-state index is 4.69. The number of rotatable bonds is 7. The van der Waals surface area contributed by atoms with Gasteiger partial charge in [-0.15, -0.1) is 0 Å². The van der Waals surface area contributed by atoms with Crippen LogP contribution >= 0.6 is 0 Å². The zero-order chi connectivity index (χ0) is 23.3. The van der Waals surface area contributed by atoms with Gasteiger partial charge in [0.1, 0.15) is 0 Å². The molecule has 2 aliphatic heterocycles. The second-order valence-corrected chi connectivity index (χ2v) is 8.88. The maximum absolute atomic E-state index is 4.69. The number of nitrogens with one attached hydrogen (secondary N) is 2. The Hall–Kier alpha value is -2.86. The zero-order valence-electron chi connectivity index (χ0n) is 20.3. The van der Waals surface area contributed by atoms with Gasteiger partial charge in [-0.2, -0.15) is 5.10 Å². The summed E-state index contributed by atoms with van der Waals surface area (Å²) < 4.78 is 0. The Kier molecular flexibility index (Phi) is 7.91. The van der Waals surface area contributed by atoms with Gasteiger partial charge in [-0.3, -0.25) is 10.4 Å². The van der Waals surface area contributed by atoms with Crippen LogP contribution in [0.5, 0.6) is 0 Å². The molecule has 1 aliphatic carbocycles. The molecule has 0 amide bonds. The molecule has 0 unspecified atom stereocenters. The van der Waals surface area contributed by atoms with E-state index in [9.17, 15) is 0 Å². The molecule has 172 valence electrons. The number of fused-ring (bicyclic) bond motifs is 1. The number of nitrogens with zero attached hydrogens (tertiary/aromatic N) is 4. The zero-order valence-corrected chi connectivity index (χ0v) is 20.3. The fraction of sp³-hybridized carbons (Fsp3) is 0.462. The summed E-state index contributed by atoms with van der Waals surface area (Å²) in [6.07, 6.45) is 11.6. The van der Waals surface area contributed by atoms with Crippen LogP contribution in [0.15, 0.2) is 80.6 Å². The molecule has 0 radical (unpaired) electrons. The minimum atomic E-state index is 0.519. The van der Waals surface area contributed by atoms with Gasteiger partial charge < -0.3 is 15.1 Å². The van der Waals surface area contributed by atoms with Gasteiger partial charge >= 0.3 is 0 Å². The number of hydrogen-bond donors (Lipinski definition) is 2. The second kappa shape index (κ2) is 10.6. The molecule has 2 fully saturated rings. The number of likely N-dealkylation sites (tertiary alicyclic amines) is 1. The van der Waals surface area contributed by atoms with E-state index < -0.39 is 0 Å². The highest BCUT2D eigenvalue weighted by Gasteiger charge is 2.31. The molecule has 0 spiro atoms. The van der Waals surface area contributed by atoms with Gasteiger partial charge in [0.15, 0.2) is 0 Å². The predicted molar refractivity (Wildman–Crippen MR) is 136 cm³/mol. The van der Waals surface area contributed by atoms with Crippen LogP contribution in [0.1, 0.15) is 47.0 Å². The van der Waals surface area contributed by atoms with Gasteiger partial charge in [0.25, 0.3) is 0 Å². The molecule has 32 heavy (non-hydrogen) atoms. The first-order valence-electron chi connectivity index (χ1n) is 11.5. The first-order chi connectivity index (χ1) is 15.3. The summed E-state index contributed by atoms with van der Waals surface area (Å²) in [4.78, 5) is 8.81. The van der Waals surface area contributed by atoms with E-state index in [-0.39, 0.29) is 0 Å². The third kappa shape index (κ3) is 5.68. The normalized spacial score (nSPS) is 23.4. The maximum Gasteiger partial charge on any atom is 0.0989 e. The van der Waals surface area contributed by atoms with Crippen molar-refractivity contribution in [2.24, 2.45) is 10.1 Å². The Balaban J connectivity index is 1.78. The predicted octanol–water partition coefficient (Wildman–Crippen LogP) is 4.46. The Bertz CT molecular complexity index is 943. The summed E-state index contributed by atoms with van der Waals surface area (Å²) in [6, 6.07) is 0.519. The van der Waals surface area contributed by atoms with Gasteiger partial charge in [-0.1, -0.05) is 31.7 Å². The van der Waals surface area contributed by atoms with Gasteiger partial charge in [-0.25, -0.2) is 0 Å². The standard InChI is InChI=1S/C26H38N6/c1-8-9-22(15-19(3)27-6)20(4)29-30-25-10-11-26-23(14-18(25)2)16-32(21(5)28-26)24-12-13-31(7)17-24/h9,11,14-15,24,28,30H,5-6,8,10,12-13,16-17H2,1-4,7H3/b19-15-,22-9+,29-20+/t24-/m1/s1. The summed E-state index contributed by atoms with van der Waals surface area (Å²) >= 11 is 0. The lowest BCUT2D eigenvalue weighted by Crippen LogP contribution is -2.45. The third-order valence-corrected chi connectivity index (χ3v) is 6.31. The minimum Gasteiger partial charge on any atom is -0.350 e. The van der Waals surface area contributed by atoms with E-state index in [1.54, 1.807) is 0 Å². The molecule has 2 saturated heterocycles. The lowest BCUT2D eigenvalue weighted by Gasteiger charge is -2.39. The smallest absolute Gasteiger partial charge is 0.0989 e. The van der Waals surface area contributed by atoms with Gasteiger partial charge in [0, 0.05) is 42.6 Å². The van der Waals surface area contributed by atoms with Gasteiger partial charge in [0.05, 0.1) is 11.5 Å². The molecule has 6 heteroatoms. The van der Waals surface area contributed by atoms with E-state index in [1.165, 1.54) is 17.6 Å². The van der Waals surface area contributed by atoms with Crippen molar-refractivity contribution in [1.82, 2.24) is 20.5 Å². The first kappa shape index (κ1) is 23.8. The van der Waals surface area contributed by atoms with Crippen molar-refractivity contribution in [1.29, 1.82) is 0 Å². The highest BCUT2D eigenvalue weighted by Crippen LogP contribution is 2.29. The molecule has 0 aromatic heterocycles. The van der Waals surface area contributed by atoms with Gasteiger partial charge in [-0.05, 0) is 76.7 Å². The molecule has 0 bridgehead atoms. The minimum absolute atomic E-state index is 0.519. The Morgan fingerprint density at radius 3 is 2.81 bits per heavy atom. The summed E-state index contributed by atoms with van der Waals surface area (Å²) in [5, 5.41) is 8.24. The topological polar surface area (TPSA) is 55.3 Å². The molecule has 0 aromatic carbocycles. The number of likely N-dealkylation sites (N-methyl/N-ethyl adjacent to an activating group) is 1. The lowest BCUT2D eigenvalue weighted by molar-refractivity contribution is 0.246. The van der Waals surface area contributed by atoms with Crippen LogP contribution in [-0.4, -0.2) is 55.0 Å². The SMILES string of the molecule is C=N\C(C)=C/C(=C\CC)C(/C)=N/NC1=C(C)C=C2CN([C@@H]3CCN(C)C3)C(=C)NC2=CC1. The highest BCUT2D eigenvalue weighted by atomic mass is 15.3. The van der Waals surface area contributed by atoms with Crippen molar-refractivity contribution in [2.75, 3.05) is 26.7 Å². The van der Waals surface area contributed by atoms with E-state index >= 15 is 0 Å². The summed E-state index contributed by atoms with van der Waals surface area (Å²) in [6.45, 7) is 19.3. The van der Waals surface area contributed by atoms with Crippen molar-refractivity contribution in [3.05, 3.63) is 70.5 Å². The summed E-state index contributed by atoms with van der Waals surface area (Å²) in [5.74, 6) is 1.00. The third-order valence-electron chi connectivity index (χ3n) is 6.31. The summed E-state index contributed by atoms with van der Waals surface area (Å²) in [5.41, 5.74) is 11.0. The average Bonchev–Trinajstić information content (AvgIpc) is 3.13. The molecule has 3 rings (SSSR count). The molecular weight excluding hydrogens is 396 g/mol. The summed E-state index contributed by atoms with van der Waals surface area (Å²) in [7, 11) is 2.19.